The van der Waals surface area contributed by atoms with Crippen LogP contribution in [0.5, 0.6) is 0 Å². The van der Waals surface area contributed by atoms with Crippen LogP contribution in [0, 0.1) is 0 Å². The number of benzene rings is 1. The van der Waals surface area contributed by atoms with E-state index in [4.69, 9.17) is 0 Å². The molecule has 84 valence electrons. The lowest BCUT2D eigenvalue weighted by Gasteiger charge is -2.04. The van der Waals surface area contributed by atoms with E-state index in [1.54, 1.807) is 12.4 Å². The summed E-state index contributed by atoms with van der Waals surface area (Å²) in [5, 5.41) is 10.1. The van der Waals surface area contributed by atoms with Gasteiger partial charge in [0.25, 0.3) is 0 Å². The van der Waals surface area contributed by atoms with Crippen molar-refractivity contribution in [3.05, 3.63) is 36.0 Å². The van der Waals surface area contributed by atoms with E-state index in [1.807, 2.05) is 24.3 Å². The molecule has 1 aromatic carbocycles. The summed E-state index contributed by atoms with van der Waals surface area (Å²) in [5.41, 5.74) is 2.91. The van der Waals surface area contributed by atoms with Gasteiger partial charge in [-0.2, -0.15) is 5.10 Å². The Morgan fingerprint density at radius 1 is 1.06 bits per heavy atom. The number of nitrogens with zero attached hydrogens (tertiary/aromatic N) is 2. The topological polar surface area (TPSA) is 53.1 Å². The van der Waals surface area contributed by atoms with Crippen LogP contribution in [0.2, 0.25) is 0 Å². The van der Waals surface area contributed by atoms with Gasteiger partial charge in [-0.05, 0) is 12.1 Å². The number of aromatic amines is 1. The molecule has 0 radical (unpaired) electrons. The molecule has 16 heavy (non-hydrogen) atoms. The minimum Gasteiger partial charge on any atom is -0.338 e. The van der Waals surface area contributed by atoms with Gasteiger partial charge in [-0.15, -0.1) is 24.8 Å². The molecule has 0 bridgehead atoms. The number of fused-ring (bicyclic) bond motifs is 2. The Kier molecular flexibility index (Phi) is 3.93. The Balaban J connectivity index is 0.000000640. The number of para-hydroxylation sites is 2. The van der Waals surface area contributed by atoms with Crippen molar-refractivity contribution in [2.24, 2.45) is 4.99 Å². The zero-order valence-corrected chi connectivity index (χ0v) is 9.81. The van der Waals surface area contributed by atoms with Crippen molar-refractivity contribution in [2.75, 3.05) is 5.32 Å². The number of nitrogens with one attached hydrogen (secondary N) is 2. The first-order valence-electron chi connectivity index (χ1n) is 4.37. The van der Waals surface area contributed by atoms with Crippen LogP contribution in [0.15, 0.2) is 35.5 Å². The van der Waals surface area contributed by atoms with Crippen molar-refractivity contribution < 1.29 is 0 Å². The maximum atomic E-state index is 4.35. The van der Waals surface area contributed by atoms with Crippen LogP contribution >= 0.6 is 24.8 Å². The second kappa shape index (κ2) is 5.01. The van der Waals surface area contributed by atoms with E-state index < -0.39 is 0 Å². The van der Waals surface area contributed by atoms with Crippen molar-refractivity contribution in [1.82, 2.24) is 10.2 Å². The highest BCUT2D eigenvalue weighted by Gasteiger charge is 2.09. The fourth-order valence-corrected chi connectivity index (χ4v) is 1.46. The molecule has 2 heterocycles. The number of rotatable bonds is 0. The lowest BCUT2D eigenvalue weighted by Crippen LogP contribution is -1.91. The van der Waals surface area contributed by atoms with Crippen LogP contribution in [0.3, 0.4) is 0 Å². The molecule has 0 spiro atoms. The first-order valence-corrected chi connectivity index (χ1v) is 4.37. The zero-order valence-electron chi connectivity index (χ0n) is 8.18. The van der Waals surface area contributed by atoms with Crippen LogP contribution in [0.25, 0.3) is 0 Å². The lowest BCUT2D eigenvalue weighted by atomic mass is 10.3. The van der Waals surface area contributed by atoms with Gasteiger partial charge < -0.3 is 5.32 Å². The van der Waals surface area contributed by atoms with Crippen molar-refractivity contribution in [3.63, 3.8) is 0 Å². The van der Waals surface area contributed by atoms with E-state index in [-0.39, 0.29) is 24.8 Å². The van der Waals surface area contributed by atoms with Gasteiger partial charge >= 0.3 is 0 Å². The maximum Gasteiger partial charge on any atom is 0.134 e. The Morgan fingerprint density at radius 3 is 2.75 bits per heavy atom. The van der Waals surface area contributed by atoms with E-state index in [9.17, 15) is 0 Å². The Morgan fingerprint density at radius 2 is 1.88 bits per heavy atom. The Bertz CT molecular complexity index is 507. The standard InChI is InChI=1S/C10H8N4.2ClH/c1-2-4-9-8(3-1)11-5-7-6-12-14-10(7)13-9;;/h1-6H,(H2,12,13,14);2*1H. The molecule has 2 aromatic rings. The molecule has 0 unspecified atom stereocenters. The molecule has 4 nitrogen and oxygen atoms in total. The molecule has 0 saturated heterocycles. The van der Waals surface area contributed by atoms with Crippen molar-refractivity contribution in [2.45, 2.75) is 0 Å². The zero-order chi connectivity index (χ0) is 9.38. The first-order chi connectivity index (χ1) is 6.93. The van der Waals surface area contributed by atoms with Gasteiger partial charge in [0.1, 0.15) is 5.82 Å². The molecule has 3 rings (SSSR count). The molecule has 1 aliphatic rings. The number of hydrogen-bond acceptors (Lipinski definition) is 3. The minimum absolute atomic E-state index is 0. The Labute approximate surface area is 105 Å². The summed E-state index contributed by atoms with van der Waals surface area (Å²) in [7, 11) is 0. The number of H-pyrrole nitrogens is 1. The molecule has 0 fully saturated rings. The number of halogens is 2. The molecule has 0 amide bonds. The van der Waals surface area contributed by atoms with Crippen LogP contribution in [0.4, 0.5) is 17.2 Å². The fraction of sp³-hybridized carbons (Fsp3) is 0. The molecule has 2 N–H and O–H groups in total. The van der Waals surface area contributed by atoms with Crippen molar-refractivity contribution in [3.8, 4) is 0 Å². The van der Waals surface area contributed by atoms with Crippen molar-refractivity contribution >= 4 is 48.2 Å². The first kappa shape index (κ1) is 12.5. The summed E-state index contributed by atoms with van der Waals surface area (Å²) < 4.78 is 0. The summed E-state index contributed by atoms with van der Waals surface area (Å²) in [4.78, 5) is 4.35. The second-order valence-electron chi connectivity index (χ2n) is 3.10. The number of aliphatic imine (C=N–C) groups is 1. The summed E-state index contributed by atoms with van der Waals surface area (Å²) in [6, 6.07) is 7.90. The van der Waals surface area contributed by atoms with E-state index in [0.717, 1.165) is 22.8 Å². The third kappa shape index (κ3) is 2.03. The van der Waals surface area contributed by atoms with Crippen molar-refractivity contribution in [1.29, 1.82) is 0 Å². The number of anilines is 2. The summed E-state index contributed by atoms with van der Waals surface area (Å²) in [6.07, 6.45) is 3.55. The highest BCUT2D eigenvalue weighted by Crippen LogP contribution is 2.30. The average molecular weight is 257 g/mol. The molecule has 0 saturated carbocycles. The molecule has 0 atom stereocenters. The smallest absolute Gasteiger partial charge is 0.134 e. The number of aromatic nitrogens is 2. The summed E-state index contributed by atoms with van der Waals surface area (Å²) in [6.45, 7) is 0. The second-order valence-corrected chi connectivity index (χ2v) is 3.10. The average Bonchev–Trinajstić information content (AvgIpc) is 2.58. The molecule has 6 heteroatoms. The lowest BCUT2D eigenvalue weighted by molar-refractivity contribution is 1.09. The fourth-order valence-electron chi connectivity index (χ4n) is 1.46. The monoisotopic (exact) mass is 256 g/mol. The molecular weight excluding hydrogens is 247 g/mol. The van der Waals surface area contributed by atoms with Crippen LogP contribution in [-0.2, 0) is 0 Å². The highest BCUT2D eigenvalue weighted by atomic mass is 35.5. The molecule has 0 aliphatic carbocycles. The SMILES string of the molecule is C1=Nc2ccccc2Nc2[nH]ncc21.Cl.Cl. The van der Waals surface area contributed by atoms with Gasteiger partial charge in [0.15, 0.2) is 0 Å². The summed E-state index contributed by atoms with van der Waals surface area (Å²) in [5.74, 6) is 0.888. The van der Waals surface area contributed by atoms with E-state index in [0.29, 0.717) is 0 Å². The minimum atomic E-state index is 0. The largest absolute Gasteiger partial charge is 0.338 e. The van der Waals surface area contributed by atoms with Crippen LogP contribution < -0.4 is 5.32 Å². The van der Waals surface area contributed by atoms with Gasteiger partial charge in [-0.1, -0.05) is 12.1 Å². The molecule has 1 aromatic heterocycles. The van der Waals surface area contributed by atoms with E-state index in [1.165, 1.54) is 0 Å². The quantitative estimate of drug-likeness (QED) is 0.650. The third-order valence-electron chi connectivity index (χ3n) is 2.18. The van der Waals surface area contributed by atoms with E-state index >= 15 is 0 Å². The summed E-state index contributed by atoms with van der Waals surface area (Å²) >= 11 is 0. The number of hydrogen-bond donors (Lipinski definition) is 2. The normalized spacial score (nSPS) is 11.0. The predicted octanol–water partition coefficient (Wildman–Crippen LogP) is 3.06. The predicted molar refractivity (Wildman–Crippen MR) is 70.1 cm³/mol. The van der Waals surface area contributed by atoms with Gasteiger partial charge in [0, 0.05) is 6.21 Å². The Hall–Kier alpha value is -1.52. The van der Waals surface area contributed by atoms with Crippen LogP contribution in [0.1, 0.15) is 5.56 Å². The molecular formula is C10H10Cl2N4. The van der Waals surface area contributed by atoms with Gasteiger partial charge in [0.2, 0.25) is 0 Å². The van der Waals surface area contributed by atoms with Gasteiger partial charge in [-0.3, -0.25) is 10.1 Å². The molecule has 1 aliphatic heterocycles. The van der Waals surface area contributed by atoms with E-state index in [2.05, 4.69) is 20.5 Å². The highest BCUT2D eigenvalue weighted by molar-refractivity contribution is 5.93. The van der Waals surface area contributed by atoms with Crippen LogP contribution in [-0.4, -0.2) is 16.4 Å². The maximum absolute atomic E-state index is 4.35. The van der Waals surface area contributed by atoms with Gasteiger partial charge in [0.05, 0.1) is 23.1 Å². The third-order valence-corrected chi connectivity index (χ3v) is 2.18. The van der Waals surface area contributed by atoms with Gasteiger partial charge in [-0.25, -0.2) is 0 Å².